The molecule has 0 unspecified atom stereocenters. The zero-order valence-electron chi connectivity index (χ0n) is 17.4. The van der Waals surface area contributed by atoms with E-state index in [2.05, 4.69) is 22.0 Å². The molecule has 0 aliphatic carbocycles. The van der Waals surface area contributed by atoms with Gasteiger partial charge in [-0.3, -0.25) is 9.36 Å². The summed E-state index contributed by atoms with van der Waals surface area (Å²) in [7, 11) is 0. The van der Waals surface area contributed by atoms with E-state index in [1.165, 1.54) is 10.9 Å². The monoisotopic (exact) mass is 421 g/mol. The Balaban J connectivity index is 1.44. The highest BCUT2D eigenvalue weighted by atomic mass is 16.6. The fraction of sp³-hybridized carbons (Fsp3) is 0.391. The first-order valence-corrected chi connectivity index (χ1v) is 10.6. The second-order valence-corrected chi connectivity index (χ2v) is 8.06. The lowest BCUT2D eigenvalue weighted by Crippen LogP contribution is -2.52. The van der Waals surface area contributed by atoms with Crippen LogP contribution in [-0.2, 0) is 9.63 Å². The molecule has 2 aliphatic rings. The van der Waals surface area contributed by atoms with Crippen LogP contribution < -0.4 is 5.32 Å². The van der Waals surface area contributed by atoms with Gasteiger partial charge in [0.1, 0.15) is 12.4 Å². The summed E-state index contributed by atoms with van der Waals surface area (Å²) in [6.45, 7) is 5.10. The first-order valence-electron chi connectivity index (χ1n) is 10.6. The van der Waals surface area contributed by atoms with Gasteiger partial charge in [-0.25, -0.2) is 9.78 Å². The van der Waals surface area contributed by atoms with E-state index in [4.69, 9.17) is 4.84 Å². The van der Waals surface area contributed by atoms with Gasteiger partial charge < -0.3 is 15.1 Å². The van der Waals surface area contributed by atoms with Crippen molar-refractivity contribution < 1.29 is 14.4 Å². The van der Waals surface area contributed by atoms with Crippen molar-refractivity contribution in [1.82, 2.24) is 19.8 Å². The number of carbonyl (C=O) groups is 2. The Morgan fingerprint density at radius 1 is 1.26 bits per heavy atom. The SMILES string of the molecule is C=CCNC(=O)C1(C[C@H]2CC(c3ccccc3)=NO2)CCN(C(=O)n2ccnc2)CC1. The minimum Gasteiger partial charge on any atom is -0.392 e. The van der Waals surface area contributed by atoms with E-state index in [1.54, 1.807) is 23.4 Å². The Bertz CT molecular complexity index is 947. The van der Waals surface area contributed by atoms with Gasteiger partial charge >= 0.3 is 6.03 Å². The van der Waals surface area contributed by atoms with Gasteiger partial charge in [0.2, 0.25) is 5.91 Å². The summed E-state index contributed by atoms with van der Waals surface area (Å²) in [5.74, 6) is -0.0149. The number of hydrogen-bond donors (Lipinski definition) is 1. The Kier molecular flexibility index (Phi) is 6.16. The molecular weight excluding hydrogens is 394 g/mol. The quantitative estimate of drug-likeness (QED) is 0.727. The summed E-state index contributed by atoms with van der Waals surface area (Å²) in [5, 5.41) is 7.24. The molecule has 31 heavy (non-hydrogen) atoms. The first-order chi connectivity index (χ1) is 15.1. The van der Waals surface area contributed by atoms with Crippen LogP contribution in [0.3, 0.4) is 0 Å². The molecule has 0 bridgehead atoms. The van der Waals surface area contributed by atoms with Crippen LogP contribution in [0.4, 0.5) is 4.79 Å². The maximum absolute atomic E-state index is 13.2. The van der Waals surface area contributed by atoms with Crippen molar-refractivity contribution in [2.45, 2.75) is 31.8 Å². The van der Waals surface area contributed by atoms with Crippen LogP contribution in [0.1, 0.15) is 31.2 Å². The van der Waals surface area contributed by atoms with E-state index in [0.717, 1.165) is 11.3 Å². The largest absolute Gasteiger partial charge is 0.392 e. The number of benzene rings is 1. The lowest BCUT2D eigenvalue weighted by Gasteiger charge is -2.41. The highest BCUT2D eigenvalue weighted by Crippen LogP contribution is 2.39. The van der Waals surface area contributed by atoms with Gasteiger partial charge in [0.05, 0.1) is 11.1 Å². The average molecular weight is 422 g/mol. The number of piperidine rings is 1. The minimum absolute atomic E-state index is 0.0149. The van der Waals surface area contributed by atoms with E-state index in [-0.39, 0.29) is 18.0 Å². The molecule has 4 rings (SSSR count). The normalized spacial score (nSPS) is 19.9. The van der Waals surface area contributed by atoms with Crippen LogP contribution in [-0.4, -0.2) is 57.8 Å². The Labute approximate surface area is 181 Å². The van der Waals surface area contributed by atoms with Crippen LogP contribution in [0.2, 0.25) is 0 Å². The Hall–Kier alpha value is -3.42. The number of hydrogen-bond acceptors (Lipinski definition) is 5. The van der Waals surface area contributed by atoms with Crippen molar-refractivity contribution in [2.24, 2.45) is 10.6 Å². The van der Waals surface area contributed by atoms with Gasteiger partial charge in [-0.05, 0) is 18.4 Å². The zero-order valence-corrected chi connectivity index (χ0v) is 17.4. The number of nitrogens with one attached hydrogen (secondary N) is 1. The van der Waals surface area contributed by atoms with E-state index in [1.807, 2.05) is 30.3 Å². The van der Waals surface area contributed by atoms with Crippen molar-refractivity contribution in [3.63, 3.8) is 0 Å². The third-order valence-corrected chi connectivity index (χ3v) is 6.06. The molecule has 2 aromatic rings. The molecule has 1 aromatic heterocycles. The molecule has 2 amide bonds. The standard InChI is InChI=1S/C23H27N5O3/c1-2-10-25-21(29)23(8-12-27(13-9-23)22(30)28-14-11-24-17-28)16-19-15-20(26-31-19)18-6-4-3-5-7-18/h2-7,11,14,17,19H,1,8-10,12-13,15-16H2,(H,25,29)/t19-/m1/s1. The van der Waals surface area contributed by atoms with Crippen molar-refractivity contribution in [1.29, 1.82) is 0 Å². The predicted molar refractivity (Wildman–Crippen MR) is 117 cm³/mol. The molecule has 162 valence electrons. The predicted octanol–water partition coefficient (Wildman–Crippen LogP) is 2.82. The smallest absolute Gasteiger partial charge is 0.329 e. The third kappa shape index (κ3) is 4.52. The molecule has 1 saturated heterocycles. The molecule has 1 N–H and O–H groups in total. The zero-order chi connectivity index (χ0) is 21.7. The Morgan fingerprint density at radius 3 is 2.71 bits per heavy atom. The fourth-order valence-electron chi connectivity index (χ4n) is 4.31. The first kappa shape index (κ1) is 20.8. The molecule has 2 aliphatic heterocycles. The number of oxime groups is 1. The third-order valence-electron chi connectivity index (χ3n) is 6.06. The second-order valence-electron chi connectivity index (χ2n) is 8.06. The summed E-state index contributed by atoms with van der Waals surface area (Å²) < 4.78 is 1.46. The number of rotatable bonds is 6. The van der Waals surface area contributed by atoms with Crippen molar-refractivity contribution in [3.05, 3.63) is 67.3 Å². The summed E-state index contributed by atoms with van der Waals surface area (Å²) in [5.41, 5.74) is 1.33. The maximum Gasteiger partial charge on any atom is 0.329 e. The number of imidazole rings is 1. The highest BCUT2D eigenvalue weighted by molar-refractivity contribution is 6.01. The maximum atomic E-state index is 13.2. The van der Waals surface area contributed by atoms with Crippen LogP contribution in [0.25, 0.3) is 0 Å². The Morgan fingerprint density at radius 2 is 2.03 bits per heavy atom. The topological polar surface area (TPSA) is 88.8 Å². The van der Waals surface area contributed by atoms with Crippen LogP contribution in [0, 0.1) is 5.41 Å². The number of aromatic nitrogens is 2. The molecule has 0 saturated carbocycles. The van der Waals surface area contributed by atoms with Gasteiger partial charge in [-0.2, -0.15) is 0 Å². The molecule has 1 aromatic carbocycles. The fourth-order valence-corrected chi connectivity index (χ4v) is 4.31. The van der Waals surface area contributed by atoms with Gasteiger partial charge in [-0.15, -0.1) is 6.58 Å². The molecule has 3 heterocycles. The number of amides is 2. The van der Waals surface area contributed by atoms with E-state index in [0.29, 0.717) is 45.3 Å². The summed E-state index contributed by atoms with van der Waals surface area (Å²) >= 11 is 0. The summed E-state index contributed by atoms with van der Waals surface area (Å²) in [4.78, 5) is 37.2. The van der Waals surface area contributed by atoms with Crippen LogP contribution >= 0.6 is 0 Å². The molecule has 1 atom stereocenters. The van der Waals surface area contributed by atoms with E-state index < -0.39 is 5.41 Å². The summed E-state index contributed by atoms with van der Waals surface area (Å²) in [6.07, 6.45) is 8.57. The number of nitrogens with zero attached hydrogens (tertiary/aromatic N) is 4. The molecular formula is C23H27N5O3. The number of carbonyl (C=O) groups excluding carboxylic acids is 2. The molecule has 8 nitrogen and oxygen atoms in total. The van der Waals surface area contributed by atoms with E-state index >= 15 is 0 Å². The van der Waals surface area contributed by atoms with Crippen LogP contribution in [0.5, 0.6) is 0 Å². The molecule has 0 spiro atoms. The lowest BCUT2D eigenvalue weighted by atomic mass is 9.72. The van der Waals surface area contributed by atoms with Crippen molar-refractivity contribution >= 4 is 17.6 Å². The molecule has 1 fully saturated rings. The lowest BCUT2D eigenvalue weighted by molar-refractivity contribution is -0.136. The minimum atomic E-state index is -0.610. The van der Waals surface area contributed by atoms with Gasteiger partial charge in [0.15, 0.2) is 0 Å². The summed E-state index contributed by atoms with van der Waals surface area (Å²) in [6, 6.07) is 9.82. The molecule has 0 radical (unpaired) electrons. The van der Waals surface area contributed by atoms with Crippen LogP contribution in [0.15, 0.2) is 66.9 Å². The number of likely N-dealkylation sites (tertiary alicyclic amines) is 1. The molecule has 8 heteroatoms. The van der Waals surface area contributed by atoms with Gasteiger partial charge in [-0.1, -0.05) is 41.6 Å². The highest BCUT2D eigenvalue weighted by Gasteiger charge is 2.45. The van der Waals surface area contributed by atoms with Gasteiger partial charge in [0.25, 0.3) is 0 Å². The average Bonchev–Trinajstić information content (AvgIpc) is 3.50. The van der Waals surface area contributed by atoms with Crippen molar-refractivity contribution in [3.8, 4) is 0 Å². The van der Waals surface area contributed by atoms with Gasteiger partial charge in [0, 0.05) is 44.9 Å². The second kappa shape index (κ2) is 9.16. The van der Waals surface area contributed by atoms with E-state index in [9.17, 15) is 9.59 Å². The van der Waals surface area contributed by atoms with Crippen molar-refractivity contribution in [2.75, 3.05) is 19.6 Å².